The molecule has 1 aromatic heterocycles. The lowest BCUT2D eigenvalue weighted by atomic mass is 10.4. The van der Waals surface area contributed by atoms with Gasteiger partial charge in [-0.25, -0.2) is 8.42 Å². The van der Waals surface area contributed by atoms with E-state index in [1.165, 1.54) is 15.6 Å². The number of rotatable bonds is 7. The molecule has 0 saturated heterocycles. The lowest BCUT2D eigenvalue weighted by Crippen LogP contribution is -2.29. The molecule has 1 heterocycles. The standard InChI is InChI=1S/C13H22N2O2S2/c1-10(2)9-15(5)19(16,17)13-6-7-18-12(13)8-14-11(3)4/h6-7,11,14H,1,8-9H2,2-5H3. The molecule has 0 saturated carbocycles. The SMILES string of the molecule is C=C(C)CN(C)S(=O)(=O)c1ccsc1CNC(C)C. The van der Waals surface area contributed by atoms with E-state index in [2.05, 4.69) is 11.9 Å². The van der Waals surface area contributed by atoms with Gasteiger partial charge in [0.15, 0.2) is 0 Å². The van der Waals surface area contributed by atoms with Crippen LogP contribution in [-0.2, 0) is 16.6 Å². The van der Waals surface area contributed by atoms with Crippen molar-refractivity contribution in [3.05, 3.63) is 28.5 Å². The second-order valence-corrected chi connectivity index (χ2v) is 7.98. The monoisotopic (exact) mass is 302 g/mol. The average molecular weight is 302 g/mol. The zero-order valence-corrected chi connectivity index (χ0v) is 13.6. The van der Waals surface area contributed by atoms with Crippen molar-refractivity contribution in [1.82, 2.24) is 9.62 Å². The molecule has 0 bridgehead atoms. The highest BCUT2D eigenvalue weighted by Gasteiger charge is 2.24. The van der Waals surface area contributed by atoms with Gasteiger partial charge >= 0.3 is 0 Å². The first-order valence-corrected chi connectivity index (χ1v) is 8.47. The smallest absolute Gasteiger partial charge is 0.244 e. The summed E-state index contributed by atoms with van der Waals surface area (Å²) in [6, 6.07) is 2.00. The maximum atomic E-state index is 12.5. The molecule has 0 spiro atoms. The first-order valence-electron chi connectivity index (χ1n) is 6.15. The predicted molar refractivity (Wildman–Crippen MR) is 80.9 cm³/mol. The Balaban J connectivity index is 2.95. The highest BCUT2D eigenvalue weighted by Crippen LogP contribution is 2.25. The minimum atomic E-state index is -3.43. The van der Waals surface area contributed by atoms with Gasteiger partial charge in [0.25, 0.3) is 0 Å². The van der Waals surface area contributed by atoms with E-state index < -0.39 is 10.0 Å². The van der Waals surface area contributed by atoms with Crippen LogP contribution in [0.2, 0.25) is 0 Å². The van der Waals surface area contributed by atoms with E-state index in [0.717, 1.165) is 10.5 Å². The van der Waals surface area contributed by atoms with E-state index in [9.17, 15) is 8.42 Å². The Labute approximate surface area is 120 Å². The summed E-state index contributed by atoms with van der Waals surface area (Å²) in [7, 11) is -1.84. The summed E-state index contributed by atoms with van der Waals surface area (Å²) in [6.45, 7) is 10.6. The Morgan fingerprint density at radius 1 is 1.53 bits per heavy atom. The van der Waals surface area contributed by atoms with Gasteiger partial charge in [-0.2, -0.15) is 4.31 Å². The number of hydrogen-bond donors (Lipinski definition) is 1. The Morgan fingerprint density at radius 3 is 2.68 bits per heavy atom. The fourth-order valence-electron chi connectivity index (χ4n) is 1.62. The van der Waals surface area contributed by atoms with Crippen LogP contribution in [0.1, 0.15) is 25.6 Å². The van der Waals surface area contributed by atoms with Crippen LogP contribution in [0.5, 0.6) is 0 Å². The van der Waals surface area contributed by atoms with E-state index in [0.29, 0.717) is 24.0 Å². The van der Waals surface area contributed by atoms with Crippen molar-refractivity contribution in [3.8, 4) is 0 Å². The Kier molecular flexibility index (Phi) is 5.73. The molecule has 6 heteroatoms. The molecule has 108 valence electrons. The van der Waals surface area contributed by atoms with Crippen LogP contribution >= 0.6 is 11.3 Å². The molecule has 0 aliphatic carbocycles. The predicted octanol–water partition coefficient (Wildman–Crippen LogP) is 2.44. The summed E-state index contributed by atoms with van der Waals surface area (Å²) in [5.41, 5.74) is 0.822. The number of thiophene rings is 1. The highest BCUT2D eigenvalue weighted by molar-refractivity contribution is 7.89. The van der Waals surface area contributed by atoms with Gasteiger partial charge in [-0.1, -0.05) is 26.0 Å². The average Bonchev–Trinajstić information content (AvgIpc) is 2.73. The molecule has 1 rings (SSSR count). The second kappa shape index (κ2) is 6.65. The van der Waals surface area contributed by atoms with Crippen molar-refractivity contribution in [2.24, 2.45) is 0 Å². The molecule has 19 heavy (non-hydrogen) atoms. The summed E-state index contributed by atoms with van der Waals surface area (Å²) in [5, 5.41) is 5.07. The zero-order valence-electron chi connectivity index (χ0n) is 11.9. The quantitative estimate of drug-likeness (QED) is 0.787. The lowest BCUT2D eigenvalue weighted by molar-refractivity contribution is 0.491. The van der Waals surface area contributed by atoms with Crippen LogP contribution in [0.15, 0.2) is 28.5 Å². The van der Waals surface area contributed by atoms with E-state index in [-0.39, 0.29) is 0 Å². The van der Waals surface area contributed by atoms with Gasteiger partial charge in [0.1, 0.15) is 0 Å². The van der Waals surface area contributed by atoms with Gasteiger partial charge in [0, 0.05) is 31.1 Å². The molecule has 0 radical (unpaired) electrons. The van der Waals surface area contributed by atoms with Crippen molar-refractivity contribution in [3.63, 3.8) is 0 Å². The first-order chi connectivity index (χ1) is 8.75. The third-order valence-electron chi connectivity index (χ3n) is 2.56. The van der Waals surface area contributed by atoms with Gasteiger partial charge in [-0.3, -0.25) is 0 Å². The minimum Gasteiger partial charge on any atom is -0.310 e. The van der Waals surface area contributed by atoms with Crippen molar-refractivity contribution in [2.75, 3.05) is 13.6 Å². The van der Waals surface area contributed by atoms with Crippen molar-refractivity contribution in [2.45, 2.75) is 38.3 Å². The summed E-state index contributed by atoms with van der Waals surface area (Å²) in [6.07, 6.45) is 0. The maximum absolute atomic E-state index is 12.5. The molecule has 0 aliphatic heterocycles. The number of nitrogens with one attached hydrogen (secondary N) is 1. The van der Waals surface area contributed by atoms with Crippen LogP contribution in [0.25, 0.3) is 0 Å². The van der Waals surface area contributed by atoms with Gasteiger partial charge in [0.2, 0.25) is 10.0 Å². The molecular weight excluding hydrogens is 280 g/mol. The maximum Gasteiger partial charge on any atom is 0.244 e. The number of hydrogen-bond acceptors (Lipinski definition) is 4. The largest absolute Gasteiger partial charge is 0.310 e. The van der Waals surface area contributed by atoms with Gasteiger partial charge in [-0.05, 0) is 18.4 Å². The van der Waals surface area contributed by atoms with E-state index in [1.807, 2.05) is 26.2 Å². The fraction of sp³-hybridized carbons (Fsp3) is 0.538. The van der Waals surface area contributed by atoms with Crippen molar-refractivity contribution < 1.29 is 8.42 Å². The molecule has 1 aromatic rings. The van der Waals surface area contributed by atoms with Crippen LogP contribution in [0.3, 0.4) is 0 Å². The Morgan fingerprint density at radius 2 is 2.16 bits per heavy atom. The molecule has 4 nitrogen and oxygen atoms in total. The van der Waals surface area contributed by atoms with Gasteiger partial charge in [-0.15, -0.1) is 11.3 Å². The third kappa shape index (κ3) is 4.42. The first kappa shape index (κ1) is 16.4. The topological polar surface area (TPSA) is 49.4 Å². The molecule has 0 aliphatic rings. The summed E-state index contributed by atoms with van der Waals surface area (Å²) in [4.78, 5) is 1.25. The third-order valence-corrected chi connectivity index (χ3v) is 5.49. The number of likely N-dealkylation sites (N-methyl/N-ethyl adjacent to an activating group) is 1. The normalized spacial score (nSPS) is 12.3. The molecule has 0 amide bonds. The van der Waals surface area contributed by atoms with Crippen LogP contribution in [-0.4, -0.2) is 32.4 Å². The molecule has 1 N–H and O–H groups in total. The molecule has 0 unspecified atom stereocenters. The van der Waals surface area contributed by atoms with E-state index in [4.69, 9.17) is 0 Å². The van der Waals surface area contributed by atoms with Crippen LogP contribution < -0.4 is 5.32 Å². The fourth-order valence-corrected chi connectivity index (χ4v) is 4.21. The summed E-state index contributed by atoms with van der Waals surface area (Å²) >= 11 is 1.46. The van der Waals surface area contributed by atoms with Gasteiger partial charge < -0.3 is 5.32 Å². The summed E-state index contributed by atoms with van der Waals surface area (Å²) in [5.74, 6) is 0. The van der Waals surface area contributed by atoms with Crippen molar-refractivity contribution >= 4 is 21.4 Å². The number of nitrogens with zero attached hydrogens (tertiary/aromatic N) is 1. The van der Waals surface area contributed by atoms with E-state index >= 15 is 0 Å². The lowest BCUT2D eigenvalue weighted by Gasteiger charge is -2.18. The van der Waals surface area contributed by atoms with E-state index in [1.54, 1.807) is 13.1 Å². The van der Waals surface area contributed by atoms with Crippen LogP contribution in [0, 0.1) is 0 Å². The molecule has 0 aromatic carbocycles. The molecular formula is C13H22N2O2S2. The Bertz CT molecular complexity index is 533. The Hall–Kier alpha value is -0.690. The second-order valence-electron chi connectivity index (χ2n) is 4.96. The zero-order chi connectivity index (χ0) is 14.6. The molecule has 0 atom stereocenters. The minimum absolute atomic E-state index is 0.325. The molecule has 0 fully saturated rings. The highest BCUT2D eigenvalue weighted by atomic mass is 32.2. The van der Waals surface area contributed by atoms with Gasteiger partial charge in [0.05, 0.1) is 4.90 Å². The summed E-state index contributed by atoms with van der Waals surface area (Å²) < 4.78 is 26.3. The number of sulfonamides is 1. The van der Waals surface area contributed by atoms with Crippen molar-refractivity contribution in [1.29, 1.82) is 0 Å². The van der Waals surface area contributed by atoms with Crippen LogP contribution in [0.4, 0.5) is 0 Å².